The zero-order valence-electron chi connectivity index (χ0n) is 5.06. The van der Waals surface area contributed by atoms with Crippen LogP contribution in [-0.2, 0) is 0 Å². The van der Waals surface area contributed by atoms with Crippen LogP contribution >= 0.6 is 8.70 Å². The first-order valence-corrected chi connectivity index (χ1v) is 3.78. The monoisotopic (exact) mass is 126 g/mol. The Kier molecular flexibility index (Phi) is 2.59. The molecule has 0 aliphatic heterocycles. The van der Waals surface area contributed by atoms with E-state index in [1.165, 1.54) is 32.1 Å². The number of hydrogen-bond donors (Lipinski definition) is 0. The van der Waals surface area contributed by atoms with Crippen LogP contribution in [0.25, 0.3) is 0 Å². The van der Waals surface area contributed by atoms with Gasteiger partial charge in [0.25, 0.3) is 0 Å². The van der Waals surface area contributed by atoms with Gasteiger partial charge in [-0.1, -0.05) is 0 Å². The van der Waals surface area contributed by atoms with Crippen molar-refractivity contribution in [2.75, 3.05) is 0 Å². The van der Waals surface area contributed by atoms with Gasteiger partial charge in [-0.3, -0.25) is 0 Å². The summed E-state index contributed by atoms with van der Waals surface area (Å²) >= 11 is 0. The fraction of sp³-hybridized carbons (Fsp3) is 0.857. The van der Waals surface area contributed by atoms with Crippen LogP contribution in [0.15, 0.2) is 0 Å². The molecule has 1 rings (SSSR count). The van der Waals surface area contributed by atoms with E-state index in [0.717, 1.165) is 0 Å². The second-order valence-electron chi connectivity index (χ2n) is 2.46. The van der Waals surface area contributed by atoms with Gasteiger partial charge in [0.15, 0.2) is 0 Å². The first-order valence-electron chi connectivity index (χ1n) is 3.33. The van der Waals surface area contributed by atoms with Crippen LogP contribution in [0.3, 0.4) is 0 Å². The van der Waals surface area contributed by atoms with Gasteiger partial charge < -0.3 is 0 Å². The molecule has 1 aliphatic rings. The predicted molar refractivity (Wildman–Crippen MR) is 37.4 cm³/mol. The van der Waals surface area contributed by atoms with Crippen molar-refractivity contribution in [3.63, 3.8) is 0 Å². The van der Waals surface area contributed by atoms with Crippen molar-refractivity contribution in [3.05, 3.63) is 0 Å². The average Bonchev–Trinajstić information content (AvgIpc) is 1.90. The molecule has 0 aromatic heterocycles. The maximum absolute atomic E-state index is 4.01. The van der Waals surface area contributed by atoms with Gasteiger partial charge in [-0.05, 0) is 0 Å². The van der Waals surface area contributed by atoms with Crippen molar-refractivity contribution in [3.8, 4) is 5.63 Å². The van der Waals surface area contributed by atoms with Gasteiger partial charge >= 0.3 is 52.3 Å². The molecule has 0 heterocycles. The van der Waals surface area contributed by atoms with Crippen molar-refractivity contribution < 1.29 is 0 Å². The van der Waals surface area contributed by atoms with Crippen LogP contribution in [0, 0.1) is 11.5 Å². The van der Waals surface area contributed by atoms with Gasteiger partial charge in [0, 0.05) is 0 Å². The molecule has 0 saturated heterocycles. The van der Waals surface area contributed by atoms with Crippen molar-refractivity contribution in [2.45, 2.75) is 32.1 Å². The van der Waals surface area contributed by atoms with Crippen LogP contribution in [0.5, 0.6) is 0 Å². The van der Waals surface area contributed by atoms with E-state index in [4.69, 9.17) is 0 Å². The normalized spacial score (nSPS) is 22.4. The zero-order valence-corrected chi connectivity index (χ0v) is 5.95. The molecule has 0 aromatic carbocycles. The number of rotatable bonds is 0. The average molecular weight is 126 g/mol. The molecule has 44 valence electrons. The fourth-order valence-corrected chi connectivity index (χ4v) is 1.49. The summed E-state index contributed by atoms with van der Waals surface area (Å²) in [6, 6.07) is 0. The second-order valence-corrected chi connectivity index (χ2v) is 2.72. The van der Waals surface area contributed by atoms with Gasteiger partial charge in [0.2, 0.25) is 0 Å². The second kappa shape index (κ2) is 3.28. The molecule has 0 bridgehead atoms. The topological polar surface area (TPSA) is 0 Å². The van der Waals surface area contributed by atoms with E-state index in [1.54, 1.807) is 0 Å². The van der Waals surface area contributed by atoms with Crippen LogP contribution in [0.4, 0.5) is 0 Å². The molecule has 0 amide bonds. The van der Waals surface area contributed by atoms with Gasteiger partial charge in [-0.25, -0.2) is 0 Å². The van der Waals surface area contributed by atoms with Gasteiger partial charge in [-0.2, -0.15) is 0 Å². The van der Waals surface area contributed by atoms with Crippen LogP contribution in [0.1, 0.15) is 32.1 Å². The van der Waals surface area contributed by atoms with Crippen molar-refractivity contribution >= 4 is 8.70 Å². The summed E-state index contributed by atoms with van der Waals surface area (Å²) in [5.74, 6) is 0.701. The molecular formula is C7H11P. The molecule has 1 aliphatic carbocycles. The predicted octanol–water partition coefficient (Wildman–Crippen LogP) is 2.94. The quantitative estimate of drug-likeness (QED) is 0.438. The van der Waals surface area contributed by atoms with Gasteiger partial charge in [-0.15, -0.1) is 0 Å². The molecule has 8 heavy (non-hydrogen) atoms. The van der Waals surface area contributed by atoms with Crippen molar-refractivity contribution in [1.82, 2.24) is 0 Å². The Morgan fingerprint density at radius 3 is 2.12 bits per heavy atom. The van der Waals surface area contributed by atoms with E-state index in [1.807, 2.05) is 0 Å². The van der Waals surface area contributed by atoms with E-state index in [9.17, 15) is 0 Å². The molecule has 1 heteroatoms. The summed E-state index contributed by atoms with van der Waals surface area (Å²) in [5.41, 5.74) is 3.00. The molecule has 0 radical (unpaired) electrons. The van der Waals surface area contributed by atoms with E-state index in [0.29, 0.717) is 5.92 Å². The van der Waals surface area contributed by atoms with Crippen molar-refractivity contribution in [1.29, 1.82) is 0 Å². The Bertz CT molecular complexity index is 95.4. The first-order chi connectivity index (χ1) is 3.93. The summed E-state index contributed by atoms with van der Waals surface area (Å²) < 4.78 is 0. The van der Waals surface area contributed by atoms with E-state index >= 15 is 0 Å². The van der Waals surface area contributed by atoms with Gasteiger partial charge in [0.05, 0.1) is 0 Å². The maximum atomic E-state index is 4.01. The summed E-state index contributed by atoms with van der Waals surface area (Å²) in [6.45, 7) is 0. The molecule has 0 aromatic rings. The van der Waals surface area contributed by atoms with E-state index in [2.05, 4.69) is 14.3 Å². The minimum absolute atomic E-state index is 0.701. The summed E-state index contributed by atoms with van der Waals surface area (Å²) in [7, 11) is 4.01. The third-order valence-electron chi connectivity index (χ3n) is 1.79. The molecule has 1 fully saturated rings. The van der Waals surface area contributed by atoms with Crippen LogP contribution < -0.4 is 0 Å². The Morgan fingerprint density at radius 2 is 1.75 bits per heavy atom. The fourth-order valence-electron chi connectivity index (χ4n) is 1.23. The molecule has 0 nitrogen and oxygen atoms in total. The van der Waals surface area contributed by atoms with Gasteiger partial charge in [0.1, 0.15) is 0 Å². The molecule has 1 saturated carbocycles. The zero-order chi connectivity index (χ0) is 5.82. The minimum atomic E-state index is 0.701. The SMILES string of the molecule is P#CC1CCCCC1. The van der Waals surface area contributed by atoms with Crippen molar-refractivity contribution in [2.24, 2.45) is 5.92 Å². The number of hydrogen-bond acceptors (Lipinski definition) is 0. The Hall–Kier alpha value is 0.210. The molecular weight excluding hydrogens is 115 g/mol. The van der Waals surface area contributed by atoms with Crippen LogP contribution in [0.2, 0.25) is 0 Å². The van der Waals surface area contributed by atoms with E-state index in [-0.39, 0.29) is 0 Å². The van der Waals surface area contributed by atoms with Crippen LogP contribution in [-0.4, -0.2) is 0 Å². The third-order valence-corrected chi connectivity index (χ3v) is 2.15. The standard InChI is InChI=1S/C7H11P/c8-6-7-4-2-1-3-5-7/h7H,1-5H2. The Morgan fingerprint density at radius 1 is 1.12 bits per heavy atom. The summed E-state index contributed by atoms with van der Waals surface area (Å²) in [6.07, 6.45) is 6.84. The Labute approximate surface area is 53.2 Å². The van der Waals surface area contributed by atoms with E-state index < -0.39 is 0 Å². The third kappa shape index (κ3) is 1.62. The molecule has 0 atom stereocenters. The Balaban J connectivity index is 2.25. The molecule has 0 spiro atoms. The molecule has 0 N–H and O–H groups in total. The molecule has 0 unspecified atom stereocenters. The summed E-state index contributed by atoms with van der Waals surface area (Å²) in [4.78, 5) is 0. The first kappa shape index (κ1) is 6.33. The summed E-state index contributed by atoms with van der Waals surface area (Å²) in [5, 5.41) is 0.